The molecule has 0 radical (unpaired) electrons. The van der Waals surface area contributed by atoms with Gasteiger partial charge in [-0.25, -0.2) is 8.42 Å². The summed E-state index contributed by atoms with van der Waals surface area (Å²) in [5, 5.41) is 1.90. The van der Waals surface area contributed by atoms with Gasteiger partial charge in [0.15, 0.2) is 0 Å². The van der Waals surface area contributed by atoms with Crippen LogP contribution >= 0.6 is 0 Å². The number of aryl methyl sites for hydroxylation is 2. The van der Waals surface area contributed by atoms with Crippen LogP contribution in [0.2, 0.25) is 0 Å². The minimum atomic E-state index is -4.95. The molecular formula is C16H21F3N2O4S. The number of nitrogens with zero attached hydrogens (tertiary/aromatic N) is 1. The number of hydrogen-bond acceptors (Lipinski definition) is 4. The van der Waals surface area contributed by atoms with Gasteiger partial charge >= 0.3 is 12.1 Å². The second kappa shape index (κ2) is 7.43. The maximum atomic E-state index is 12.9. The quantitative estimate of drug-likeness (QED) is 0.849. The summed E-state index contributed by atoms with van der Waals surface area (Å²) in [7, 11) is -2.47. The van der Waals surface area contributed by atoms with Crippen molar-refractivity contribution in [1.29, 1.82) is 0 Å². The number of piperidine rings is 1. The Labute approximate surface area is 150 Å². The molecule has 0 bridgehead atoms. The topological polar surface area (TPSA) is 75.7 Å². The molecule has 1 aliphatic rings. The zero-order valence-electron chi connectivity index (χ0n) is 14.7. The van der Waals surface area contributed by atoms with Gasteiger partial charge in [-0.05, 0) is 49.9 Å². The molecule has 1 saturated heterocycles. The van der Waals surface area contributed by atoms with Crippen molar-refractivity contribution in [3.05, 3.63) is 23.3 Å². The highest BCUT2D eigenvalue weighted by atomic mass is 32.2. The lowest BCUT2D eigenvalue weighted by Gasteiger charge is -2.32. The molecule has 1 heterocycles. The number of carbonyl (C=O) groups excluding carboxylic acids is 1. The molecule has 6 nitrogen and oxygen atoms in total. The Hall–Kier alpha value is -1.81. The van der Waals surface area contributed by atoms with Gasteiger partial charge in [0.25, 0.3) is 0 Å². The molecule has 1 aliphatic heterocycles. The van der Waals surface area contributed by atoms with Gasteiger partial charge < -0.3 is 10.1 Å². The summed E-state index contributed by atoms with van der Waals surface area (Å²) in [5.41, 5.74) is 1.67. The highest BCUT2D eigenvalue weighted by Gasteiger charge is 2.41. The third kappa shape index (κ3) is 4.29. The van der Waals surface area contributed by atoms with E-state index in [0.717, 1.165) is 11.1 Å². The summed E-state index contributed by atoms with van der Waals surface area (Å²) in [6, 6.07) is 2.46. The van der Waals surface area contributed by atoms with Gasteiger partial charge in [0.1, 0.15) is 10.6 Å². The average molecular weight is 394 g/mol. The number of ether oxygens (including phenoxy) is 1. The van der Waals surface area contributed by atoms with Crippen LogP contribution in [0.5, 0.6) is 5.75 Å². The maximum Gasteiger partial charge on any atom is 0.471 e. The lowest BCUT2D eigenvalue weighted by molar-refractivity contribution is -0.174. The highest BCUT2D eigenvalue weighted by molar-refractivity contribution is 7.89. The van der Waals surface area contributed by atoms with E-state index in [4.69, 9.17) is 4.74 Å². The molecule has 26 heavy (non-hydrogen) atoms. The van der Waals surface area contributed by atoms with E-state index >= 15 is 0 Å². The van der Waals surface area contributed by atoms with Crippen LogP contribution in [-0.4, -0.2) is 51.0 Å². The van der Waals surface area contributed by atoms with Crippen molar-refractivity contribution in [2.24, 2.45) is 0 Å². The highest BCUT2D eigenvalue weighted by Crippen LogP contribution is 2.31. The van der Waals surface area contributed by atoms with Crippen LogP contribution in [0, 0.1) is 13.8 Å². The number of nitrogens with one attached hydrogen (secondary N) is 1. The molecule has 1 amide bonds. The van der Waals surface area contributed by atoms with Gasteiger partial charge in [-0.15, -0.1) is 0 Å². The van der Waals surface area contributed by atoms with E-state index in [1.54, 1.807) is 13.0 Å². The molecule has 146 valence electrons. The van der Waals surface area contributed by atoms with E-state index in [-0.39, 0.29) is 36.6 Å². The van der Waals surface area contributed by atoms with Gasteiger partial charge in [0.05, 0.1) is 7.11 Å². The summed E-state index contributed by atoms with van der Waals surface area (Å²) in [5.74, 6) is -1.78. The fourth-order valence-electron chi connectivity index (χ4n) is 2.77. The second-order valence-corrected chi connectivity index (χ2v) is 8.14. The van der Waals surface area contributed by atoms with Crippen molar-refractivity contribution in [2.45, 2.75) is 43.8 Å². The number of amides is 1. The first-order valence-corrected chi connectivity index (χ1v) is 9.44. The number of sulfonamides is 1. The predicted molar refractivity (Wildman–Crippen MR) is 88.4 cm³/mol. The number of benzene rings is 1. The average Bonchev–Trinajstić information content (AvgIpc) is 2.56. The Kier molecular flexibility index (Phi) is 5.86. The van der Waals surface area contributed by atoms with E-state index in [1.165, 1.54) is 17.5 Å². The van der Waals surface area contributed by atoms with E-state index in [0.29, 0.717) is 0 Å². The number of alkyl halides is 3. The van der Waals surface area contributed by atoms with E-state index in [2.05, 4.69) is 0 Å². The number of rotatable bonds is 4. The number of halogens is 3. The van der Waals surface area contributed by atoms with Gasteiger partial charge in [-0.3, -0.25) is 4.79 Å². The SMILES string of the molecule is COc1cc(C)c(C)cc1S(=O)(=O)N1CCC(NC(=O)C(F)(F)F)CC1. The van der Waals surface area contributed by atoms with E-state index in [9.17, 15) is 26.4 Å². The van der Waals surface area contributed by atoms with Crippen molar-refractivity contribution in [1.82, 2.24) is 9.62 Å². The maximum absolute atomic E-state index is 12.9. The molecular weight excluding hydrogens is 373 g/mol. The Morgan fingerprint density at radius 2 is 1.73 bits per heavy atom. The Morgan fingerprint density at radius 3 is 2.23 bits per heavy atom. The molecule has 10 heteroatoms. The Bertz CT molecular complexity index is 785. The molecule has 1 aromatic carbocycles. The molecule has 1 aromatic rings. The Morgan fingerprint density at radius 1 is 1.19 bits per heavy atom. The molecule has 1 fully saturated rings. The summed E-state index contributed by atoms with van der Waals surface area (Å²) in [6.07, 6.45) is -4.74. The van der Waals surface area contributed by atoms with Crippen molar-refractivity contribution < 1.29 is 31.1 Å². The van der Waals surface area contributed by atoms with Gasteiger partial charge in [-0.2, -0.15) is 17.5 Å². The molecule has 0 atom stereocenters. The largest absolute Gasteiger partial charge is 0.495 e. The molecule has 0 aromatic heterocycles. The number of hydrogen-bond donors (Lipinski definition) is 1. The Balaban J connectivity index is 2.14. The molecule has 0 unspecified atom stereocenters. The van der Waals surface area contributed by atoms with Crippen molar-refractivity contribution >= 4 is 15.9 Å². The van der Waals surface area contributed by atoms with E-state index < -0.39 is 28.1 Å². The second-order valence-electron chi connectivity index (χ2n) is 6.24. The smallest absolute Gasteiger partial charge is 0.471 e. The number of carbonyl (C=O) groups is 1. The summed E-state index contributed by atoms with van der Waals surface area (Å²) in [4.78, 5) is 11.0. The molecule has 0 spiro atoms. The first-order chi connectivity index (χ1) is 12.0. The summed E-state index contributed by atoms with van der Waals surface area (Å²) in [6.45, 7) is 3.65. The first-order valence-electron chi connectivity index (χ1n) is 8.00. The molecule has 0 aliphatic carbocycles. The lowest BCUT2D eigenvalue weighted by Crippen LogP contribution is -2.49. The van der Waals surface area contributed by atoms with Crippen LogP contribution in [0.15, 0.2) is 17.0 Å². The molecule has 1 N–H and O–H groups in total. The summed E-state index contributed by atoms with van der Waals surface area (Å²) < 4.78 is 69.1. The first kappa shape index (κ1) is 20.5. The monoisotopic (exact) mass is 394 g/mol. The normalized spacial score (nSPS) is 17.2. The van der Waals surface area contributed by atoms with Crippen LogP contribution in [0.1, 0.15) is 24.0 Å². The van der Waals surface area contributed by atoms with Crippen molar-refractivity contribution in [3.63, 3.8) is 0 Å². The van der Waals surface area contributed by atoms with Gasteiger partial charge in [0, 0.05) is 19.1 Å². The third-order valence-electron chi connectivity index (χ3n) is 4.44. The zero-order chi connectivity index (χ0) is 19.7. The third-order valence-corrected chi connectivity index (χ3v) is 6.36. The fourth-order valence-corrected chi connectivity index (χ4v) is 4.46. The van der Waals surface area contributed by atoms with Crippen LogP contribution in [0.3, 0.4) is 0 Å². The van der Waals surface area contributed by atoms with Crippen LogP contribution in [0.4, 0.5) is 13.2 Å². The van der Waals surface area contributed by atoms with Crippen molar-refractivity contribution in [3.8, 4) is 5.75 Å². The summed E-state index contributed by atoms with van der Waals surface area (Å²) >= 11 is 0. The minimum Gasteiger partial charge on any atom is -0.495 e. The van der Waals surface area contributed by atoms with Crippen LogP contribution < -0.4 is 10.1 Å². The van der Waals surface area contributed by atoms with Crippen LogP contribution in [-0.2, 0) is 14.8 Å². The fraction of sp³-hybridized carbons (Fsp3) is 0.562. The number of methoxy groups -OCH3 is 1. The van der Waals surface area contributed by atoms with Crippen LogP contribution in [0.25, 0.3) is 0 Å². The minimum absolute atomic E-state index is 0.0151. The van der Waals surface area contributed by atoms with Crippen molar-refractivity contribution in [2.75, 3.05) is 20.2 Å². The van der Waals surface area contributed by atoms with Gasteiger partial charge in [0.2, 0.25) is 10.0 Å². The molecule has 2 rings (SSSR count). The predicted octanol–water partition coefficient (Wildman–Crippen LogP) is 2.14. The van der Waals surface area contributed by atoms with E-state index in [1.807, 2.05) is 12.2 Å². The zero-order valence-corrected chi connectivity index (χ0v) is 15.5. The lowest BCUT2D eigenvalue weighted by atomic mass is 10.1. The standard InChI is InChI=1S/C16H21F3N2O4S/c1-10-8-13(25-3)14(9-11(10)2)26(23,24)21-6-4-12(5-7-21)20-15(22)16(17,18)19/h8-9,12H,4-7H2,1-3H3,(H,20,22). The molecule has 0 saturated carbocycles. The van der Waals surface area contributed by atoms with Gasteiger partial charge in [-0.1, -0.05) is 0 Å².